The number of nitrogens with zero attached hydrogens (tertiary/aromatic N) is 2. The van der Waals surface area contributed by atoms with Crippen LogP contribution in [0.1, 0.15) is 35.8 Å². The zero-order chi connectivity index (χ0) is 20.4. The van der Waals surface area contributed by atoms with E-state index in [4.69, 9.17) is 4.74 Å². The minimum Gasteiger partial charge on any atom is -0.497 e. The lowest BCUT2D eigenvalue weighted by Gasteiger charge is -2.46. The maximum atomic E-state index is 13.4. The van der Waals surface area contributed by atoms with E-state index in [-0.39, 0.29) is 22.8 Å². The van der Waals surface area contributed by atoms with Crippen LogP contribution in [0.2, 0.25) is 0 Å². The Bertz CT molecular complexity index is 943. The predicted molar refractivity (Wildman–Crippen MR) is 110 cm³/mol. The smallest absolute Gasteiger partial charge is 0.251 e. The second-order valence-corrected chi connectivity index (χ2v) is 8.23. The summed E-state index contributed by atoms with van der Waals surface area (Å²) in [4.78, 5) is 34.3. The lowest BCUT2D eigenvalue weighted by atomic mass is 9.74. The van der Waals surface area contributed by atoms with Crippen LogP contribution in [0.5, 0.6) is 5.75 Å². The molecule has 3 heterocycles. The molecule has 2 aliphatic heterocycles. The molecule has 0 unspecified atom stereocenters. The number of H-pyrrole nitrogens is 1. The number of rotatable bonds is 5. The highest BCUT2D eigenvalue weighted by Crippen LogP contribution is 2.34. The monoisotopic (exact) mass is 396 g/mol. The summed E-state index contributed by atoms with van der Waals surface area (Å²) in [5, 5.41) is 3.29. The summed E-state index contributed by atoms with van der Waals surface area (Å²) in [7, 11) is 1.66. The lowest BCUT2D eigenvalue weighted by Crippen LogP contribution is -2.63. The molecule has 0 bridgehead atoms. The van der Waals surface area contributed by atoms with Crippen molar-refractivity contribution in [2.24, 2.45) is 5.41 Å². The van der Waals surface area contributed by atoms with E-state index < -0.39 is 0 Å². The van der Waals surface area contributed by atoms with Gasteiger partial charge < -0.3 is 19.9 Å². The van der Waals surface area contributed by atoms with Gasteiger partial charge in [-0.3, -0.25) is 9.59 Å². The van der Waals surface area contributed by atoms with Crippen LogP contribution in [0, 0.1) is 12.3 Å². The molecule has 2 N–H and O–H groups in total. The normalized spacial score (nSPS) is 18.9. The van der Waals surface area contributed by atoms with E-state index >= 15 is 0 Å². The van der Waals surface area contributed by atoms with Gasteiger partial charge in [0.25, 0.3) is 5.56 Å². The van der Waals surface area contributed by atoms with E-state index in [2.05, 4.69) is 21.4 Å². The summed E-state index contributed by atoms with van der Waals surface area (Å²) in [5.41, 5.74) is 1.48. The number of aromatic nitrogens is 2. The molecule has 7 nitrogen and oxygen atoms in total. The van der Waals surface area contributed by atoms with Gasteiger partial charge in [-0.1, -0.05) is 12.1 Å². The highest BCUT2D eigenvalue weighted by atomic mass is 16.5. The molecular formula is C22H28N4O3. The zero-order valence-electron chi connectivity index (χ0n) is 17.0. The first-order valence-corrected chi connectivity index (χ1v) is 10.2. The van der Waals surface area contributed by atoms with Crippen LogP contribution in [-0.2, 0) is 11.2 Å². The summed E-state index contributed by atoms with van der Waals surface area (Å²) >= 11 is 0. The number of amides is 1. The van der Waals surface area contributed by atoms with Gasteiger partial charge in [-0.05, 0) is 43.9 Å². The van der Waals surface area contributed by atoms with Gasteiger partial charge in [-0.25, -0.2) is 4.98 Å². The third-order valence-corrected chi connectivity index (χ3v) is 6.14. The van der Waals surface area contributed by atoms with Gasteiger partial charge in [-0.15, -0.1) is 0 Å². The van der Waals surface area contributed by atoms with E-state index in [1.54, 1.807) is 20.1 Å². The Balaban J connectivity index is 1.43. The van der Waals surface area contributed by atoms with E-state index in [9.17, 15) is 9.59 Å². The lowest BCUT2D eigenvalue weighted by molar-refractivity contribution is -0.146. The molecule has 0 spiro atoms. The predicted octanol–water partition coefficient (Wildman–Crippen LogP) is 1.63. The summed E-state index contributed by atoms with van der Waals surface area (Å²) < 4.78 is 5.33. The average molecular weight is 396 g/mol. The Morgan fingerprint density at radius 2 is 2.03 bits per heavy atom. The summed E-state index contributed by atoms with van der Waals surface area (Å²) in [6.07, 6.45) is 2.39. The van der Waals surface area contributed by atoms with Crippen molar-refractivity contribution in [3.05, 3.63) is 57.8 Å². The number of piperidine rings is 1. The van der Waals surface area contributed by atoms with Crippen molar-refractivity contribution in [3.8, 4) is 5.75 Å². The van der Waals surface area contributed by atoms with Crippen LogP contribution in [0.3, 0.4) is 0 Å². The van der Waals surface area contributed by atoms with Crippen LogP contribution in [0.15, 0.2) is 35.1 Å². The van der Waals surface area contributed by atoms with E-state index in [0.717, 1.165) is 29.8 Å². The summed E-state index contributed by atoms with van der Waals surface area (Å²) in [6, 6.07) is 9.56. The Hall–Kier alpha value is -2.67. The van der Waals surface area contributed by atoms with Gasteiger partial charge in [0.2, 0.25) is 5.91 Å². The average Bonchev–Trinajstić information content (AvgIpc) is 2.70. The third kappa shape index (κ3) is 4.05. The number of likely N-dealkylation sites (tertiary alicyclic amines) is 1. The molecule has 2 aliphatic rings. The number of carbonyl (C=O) groups excluding carboxylic acids is 1. The Morgan fingerprint density at radius 3 is 2.66 bits per heavy atom. The summed E-state index contributed by atoms with van der Waals surface area (Å²) in [5.74, 6) is 1.92. The summed E-state index contributed by atoms with van der Waals surface area (Å²) in [6.45, 7) is 4.62. The van der Waals surface area contributed by atoms with E-state index in [0.29, 0.717) is 38.4 Å². The number of nitrogens with one attached hydrogen (secondary N) is 2. The Kier molecular flexibility index (Phi) is 5.41. The Morgan fingerprint density at radius 1 is 1.28 bits per heavy atom. The highest BCUT2D eigenvalue weighted by molar-refractivity contribution is 5.85. The number of ether oxygens (including phenoxy) is 1. The first-order chi connectivity index (χ1) is 14.0. The largest absolute Gasteiger partial charge is 0.497 e. The number of hydrogen-bond donors (Lipinski definition) is 2. The van der Waals surface area contributed by atoms with Crippen molar-refractivity contribution in [1.82, 2.24) is 20.2 Å². The van der Waals surface area contributed by atoms with E-state index in [1.807, 2.05) is 23.1 Å². The van der Waals surface area contributed by atoms with Crippen molar-refractivity contribution in [1.29, 1.82) is 0 Å². The van der Waals surface area contributed by atoms with Gasteiger partial charge in [0.05, 0.1) is 18.2 Å². The quantitative estimate of drug-likeness (QED) is 0.802. The number of aryl methyl sites for hydroxylation is 1. The van der Waals surface area contributed by atoms with E-state index in [1.165, 1.54) is 0 Å². The molecule has 0 atom stereocenters. The molecular weight excluding hydrogens is 368 g/mol. The van der Waals surface area contributed by atoms with Crippen molar-refractivity contribution in [3.63, 3.8) is 0 Å². The SMILES string of the molecule is COc1cccc(CC2(C(=O)N3CCC(c4cc(=O)[nH]c(C)n4)CC3)CNC2)c1. The van der Waals surface area contributed by atoms with Crippen LogP contribution >= 0.6 is 0 Å². The first-order valence-electron chi connectivity index (χ1n) is 10.2. The molecule has 0 saturated carbocycles. The molecule has 154 valence electrons. The van der Waals surface area contributed by atoms with Gasteiger partial charge in [0, 0.05) is 38.2 Å². The van der Waals surface area contributed by atoms with Crippen LogP contribution in [0.4, 0.5) is 0 Å². The van der Waals surface area contributed by atoms with Crippen LogP contribution in [-0.4, -0.2) is 54.1 Å². The molecule has 1 amide bonds. The fourth-order valence-electron chi connectivity index (χ4n) is 4.48. The molecule has 4 rings (SSSR count). The second kappa shape index (κ2) is 7.99. The Labute approximate surface area is 170 Å². The molecule has 1 aromatic carbocycles. The molecule has 0 radical (unpaired) electrons. The zero-order valence-corrected chi connectivity index (χ0v) is 17.0. The van der Waals surface area contributed by atoms with Crippen molar-refractivity contribution < 1.29 is 9.53 Å². The number of hydrogen-bond acceptors (Lipinski definition) is 5. The number of aromatic amines is 1. The maximum absolute atomic E-state index is 13.4. The molecule has 2 fully saturated rings. The highest BCUT2D eigenvalue weighted by Gasteiger charge is 2.47. The van der Waals surface area contributed by atoms with Crippen molar-refractivity contribution >= 4 is 5.91 Å². The fraction of sp³-hybridized carbons (Fsp3) is 0.500. The molecule has 0 aliphatic carbocycles. The topological polar surface area (TPSA) is 87.3 Å². The van der Waals surface area contributed by atoms with Gasteiger partial charge >= 0.3 is 0 Å². The van der Waals surface area contributed by atoms with Crippen LogP contribution in [0.25, 0.3) is 0 Å². The molecule has 2 aromatic rings. The maximum Gasteiger partial charge on any atom is 0.251 e. The minimum absolute atomic E-state index is 0.108. The van der Waals surface area contributed by atoms with Gasteiger partial charge in [0.1, 0.15) is 11.6 Å². The first kappa shape index (κ1) is 19.6. The third-order valence-electron chi connectivity index (χ3n) is 6.14. The van der Waals surface area contributed by atoms with Gasteiger partial charge in [0.15, 0.2) is 0 Å². The number of benzene rings is 1. The molecule has 29 heavy (non-hydrogen) atoms. The van der Waals surface area contributed by atoms with Crippen molar-refractivity contribution in [2.45, 2.75) is 32.1 Å². The molecule has 2 saturated heterocycles. The molecule has 7 heteroatoms. The second-order valence-electron chi connectivity index (χ2n) is 8.23. The van der Waals surface area contributed by atoms with Crippen LogP contribution < -0.4 is 15.6 Å². The fourth-order valence-corrected chi connectivity index (χ4v) is 4.48. The van der Waals surface area contributed by atoms with Crippen molar-refractivity contribution in [2.75, 3.05) is 33.3 Å². The number of methoxy groups -OCH3 is 1. The molecule has 1 aromatic heterocycles. The minimum atomic E-state index is -0.377. The number of carbonyl (C=O) groups is 1. The standard InChI is InChI=1S/C22H28N4O3/c1-15-24-19(11-20(27)25-15)17-6-8-26(9-7-17)21(28)22(13-23-14-22)12-16-4-3-5-18(10-16)29-2/h3-5,10-11,17,23H,6-9,12-14H2,1-2H3,(H,24,25,27). The van der Waals surface area contributed by atoms with Gasteiger partial charge in [-0.2, -0.15) is 0 Å².